The van der Waals surface area contributed by atoms with Gasteiger partial charge in [0.15, 0.2) is 17.3 Å². The molecular weight excluding hydrogens is 440 g/mol. The van der Waals surface area contributed by atoms with Crippen molar-refractivity contribution in [1.82, 2.24) is 30.0 Å². The third-order valence-electron chi connectivity index (χ3n) is 5.58. The van der Waals surface area contributed by atoms with Gasteiger partial charge in [-0.25, -0.2) is 9.67 Å². The van der Waals surface area contributed by atoms with Crippen molar-refractivity contribution in [3.05, 3.63) is 102 Å². The van der Waals surface area contributed by atoms with Crippen LogP contribution in [0.3, 0.4) is 0 Å². The molecule has 2 aromatic carbocycles. The van der Waals surface area contributed by atoms with Gasteiger partial charge in [0, 0.05) is 35.8 Å². The van der Waals surface area contributed by atoms with Gasteiger partial charge in [-0.05, 0) is 55.8 Å². The average Bonchev–Trinajstić information content (AvgIpc) is 3.33. The molecule has 172 valence electrons. The van der Waals surface area contributed by atoms with Crippen molar-refractivity contribution >= 4 is 22.7 Å². The summed E-state index contributed by atoms with van der Waals surface area (Å²) in [7, 11) is 0. The minimum Gasteiger partial charge on any atom is -0.347 e. The molecule has 0 aliphatic heterocycles. The molecule has 0 aliphatic carbocycles. The number of aryl methyl sites for hydroxylation is 1. The molecule has 5 rings (SSSR count). The van der Waals surface area contributed by atoms with Crippen LogP contribution >= 0.6 is 0 Å². The molecule has 3 heterocycles. The Bertz CT molecular complexity index is 1570. The Morgan fingerprint density at radius 3 is 2.51 bits per heavy atom. The Morgan fingerprint density at radius 1 is 0.914 bits per heavy atom. The van der Waals surface area contributed by atoms with Crippen LogP contribution in [0.25, 0.3) is 28.1 Å². The summed E-state index contributed by atoms with van der Waals surface area (Å²) >= 11 is 0. The number of Topliss-reactive ketones (excluding diaryl/α,β-unsaturated/α-hetero) is 1. The molecule has 3 aromatic heterocycles. The smallest absolute Gasteiger partial charge is 0.272 e. The Kier molecular flexibility index (Phi) is 5.85. The summed E-state index contributed by atoms with van der Waals surface area (Å²) in [6.07, 6.45) is 3.29. The molecule has 5 aromatic rings. The SMILES string of the molecule is CC(=O)c1cccc(CNC(=O)c2cc(-c3ccc4nccnc4c3)n(-c3cccc(C)n3)n2)c1. The normalized spacial score (nSPS) is 10.9. The minimum absolute atomic E-state index is 0.0210. The Balaban J connectivity index is 1.50. The lowest BCUT2D eigenvalue weighted by atomic mass is 10.1. The lowest BCUT2D eigenvalue weighted by molar-refractivity contribution is 0.0945. The molecule has 0 bridgehead atoms. The zero-order valence-corrected chi connectivity index (χ0v) is 19.3. The van der Waals surface area contributed by atoms with Gasteiger partial charge in [-0.1, -0.05) is 30.3 Å². The first-order valence-electron chi connectivity index (χ1n) is 11.1. The molecule has 0 atom stereocenters. The highest BCUT2D eigenvalue weighted by Gasteiger charge is 2.18. The van der Waals surface area contributed by atoms with Gasteiger partial charge in [0.05, 0.1) is 16.7 Å². The van der Waals surface area contributed by atoms with E-state index in [9.17, 15) is 9.59 Å². The summed E-state index contributed by atoms with van der Waals surface area (Å²) in [5.41, 5.74) is 5.59. The van der Waals surface area contributed by atoms with Crippen LogP contribution in [0.15, 0.2) is 79.1 Å². The molecule has 0 fully saturated rings. The fraction of sp³-hybridized carbons (Fsp3) is 0.111. The van der Waals surface area contributed by atoms with Crippen LogP contribution in [-0.4, -0.2) is 36.4 Å². The lowest BCUT2D eigenvalue weighted by Gasteiger charge is -2.08. The van der Waals surface area contributed by atoms with Gasteiger partial charge in [-0.15, -0.1) is 0 Å². The molecule has 0 unspecified atom stereocenters. The van der Waals surface area contributed by atoms with Gasteiger partial charge in [0.2, 0.25) is 0 Å². The second kappa shape index (κ2) is 9.26. The fourth-order valence-electron chi connectivity index (χ4n) is 3.81. The van der Waals surface area contributed by atoms with E-state index in [1.54, 1.807) is 41.3 Å². The monoisotopic (exact) mass is 462 g/mol. The van der Waals surface area contributed by atoms with E-state index in [1.807, 2.05) is 49.4 Å². The van der Waals surface area contributed by atoms with Crippen molar-refractivity contribution in [3.63, 3.8) is 0 Å². The number of aromatic nitrogens is 5. The number of fused-ring (bicyclic) bond motifs is 1. The number of carbonyl (C=O) groups excluding carboxylic acids is 2. The topological polar surface area (TPSA) is 103 Å². The third-order valence-corrected chi connectivity index (χ3v) is 5.58. The zero-order chi connectivity index (χ0) is 24.4. The highest BCUT2D eigenvalue weighted by molar-refractivity contribution is 5.95. The van der Waals surface area contributed by atoms with E-state index >= 15 is 0 Å². The number of pyridine rings is 1. The van der Waals surface area contributed by atoms with E-state index in [4.69, 9.17) is 0 Å². The fourth-order valence-corrected chi connectivity index (χ4v) is 3.81. The minimum atomic E-state index is -0.327. The molecule has 0 saturated carbocycles. The molecule has 8 heteroatoms. The number of amides is 1. The standard InChI is InChI=1S/C27H22N6O2/c1-17-5-3-8-26(31-17)33-25(21-9-10-22-23(14-21)29-12-11-28-22)15-24(32-33)27(35)30-16-19-6-4-7-20(13-19)18(2)34/h3-15H,16H2,1-2H3,(H,30,35). The second-order valence-corrected chi connectivity index (χ2v) is 8.16. The Hall–Kier alpha value is -4.72. The van der Waals surface area contributed by atoms with Gasteiger partial charge >= 0.3 is 0 Å². The Labute approximate surface area is 201 Å². The van der Waals surface area contributed by atoms with Crippen molar-refractivity contribution in [2.24, 2.45) is 0 Å². The second-order valence-electron chi connectivity index (χ2n) is 8.16. The van der Waals surface area contributed by atoms with Crippen molar-refractivity contribution in [1.29, 1.82) is 0 Å². The number of ketones is 1. The number of hydrogen-bond donors (Lipinski definition) is 1. The number of nitrogens with one attached hydrogen (secondary N) is 1. The summed E-state index contributed by atoms with van der Waals surface area (Å²) in [6, 6.07) is 20.3. The Morgan fingerprint density at radius 2 is 1.71 bits per heavy atom. The van der Waals surface area contributed by atoms with Gasteiger partial charge < -0.3 is 5.32 Å². The van der Waals surface area contributed by atoms with Crippen molar-refractivity contribution in [3.8, 4) is 17.1 Å². The summed E-state index contributed by atoms with van der Waals surface area (Å²) in [6.45, 7) is 3.70. The summed E-state index contributed by atoms with van der Waals surface area (Å²) in [4.78, 5) is 38.0. The number of benzene rings is 2. The largest absolute Gasteiger partial charge is 0.347 e. The van der Waals surface area contributed by atoms with Gasteiger partial charge in [0.1, 0.15) is 0 Å². The molecule has 0 spiro atoms. The predicted octanol–water partition coefficient (Wildman–Crippen LogP) is 4.32. The van der Waals surface area contributed by atoms with Gasteiger partial charge in [-0.2, -0.15) is 5.10 Å². The zero-order valence-electron chi connectivity index (χ0n) is 19.3. The van der Waals surface area contributed by atoms with Gasteiger partial charge in [0.25, 0.3) is 5.91 Å². The van der Waals surface area contributed by atoms with Crippen LogP contribution in [0, 0.1) is 6.92 Å². The summed E-state index contributed by atoms with van der Waals surface area (Å²) < 4.78 is 1.66. The molecule has 1 N–H and O–H groups in total. The van der Waals surface area contributed by atoms with Crippen LogP contribution in [0.2, 0.25) is 0 Å². The van der Waals surface area contributed by atoms with E-state index in [0.29, 0.717) is 17.1 Å². The first-order chi connectivity index (χ1) is 17.0. The van der Waals surface area contributed by atoms with E-state index in [2.05, 4.69) is 25.4 Å². The highest BCUT2D eigenvalue weighted by Crippen LogP contribution is 2.26. The summed E-state index contributed by atoms with van der Waals surface area (Å²) in [5, 5.41) is 7.49. The van der Waals surface area contributed by atoms with Crippen LogP contribution < -0.4 is 5.32 Å². The average molecular weight is 463 g/mol. The van der Waals surface area contributed by atoms with Crippen LogP contribution in [0.5, 0.6) is 0 Å². The molecule has 1 amide bonds. The maximum absolute atomic E-state index is 13.0. The van der Waals surface area contributed by atoms with Gasteiger partial charge in [-0.3, -0.25) is 19.6 Å². The van der Waals surface area contributed by atoms with E-state index in [0.717, 1.165) is 27.9 Å². The maximum atomic E-state index is 13.0. The third kappa shape index (κ3) is 4.67. The molecule has 35 heavy (non-hydrogen) atoms. The molecular formula is C27H22N6O2. The van der Waals surface area contributed by atoms with Crippen LogP contribution in [-0.2, 0) is 6.54 Å². The maximum Gasteiger partial charge on any atom is 0.272 e. The lowest BCUT2D eigenvalue weighted by Crippen LogP contribution is -2.23. The quantitative estimate of drug-likeness (QED) is 0.377. The van der Waals surface area contributed by atoms with Crippen molar-refractivity contribution in [2.75, 3.05) is 0 Å². The first kappa shape index (κ1) is 22.1. The number of hydrogen-bond acceptors (Lipinski definition) is 6. The van der Waals surface area contributed by atoms with Crippen LogP contribution in [0.1, 0.15) is 39.0 Å². The van der Waals surface area contributed by atoms with E-state index in [1.165, 1.54) is 6.92 Å². The molecule has 0 radical (unpaired) electrons. The molecule has 0 aliphatic rings. The number of carbonyl (C=O) groups is 2. The number of rotatable bonds is 6. The van der Waals surface area contributed by atoms with Crippen LogP contribution in [0.4, 0.5) is 0 Å². The predicted molar refractivity (Wildman–Crippen MR) is 132 cm³/mol. The van der Waals surface area contributed by atoms with Crippen molar-refractivity contribution in [2.45, 2.75) is 20.4 Å². The molecule has 8 nitrogen and oxygen atoms in total. The highest BCUT2D eigenvalue weighted by atomic mass is 16.2. The molecule has 0 saturated heterocycles. The summed E-state index contributed by atoms with van der Waals surface area (Å²) in [5.74, 6) is 0.256. The number of nitrogens with zero attached hydrogens (tertiary/aromatic N) is 5. The first-order valence-corrected chi connectivity index (χ1v) is 11.1. The van der Waals surface area contributed by atoms with E-state index in [-0.39, 0.29) is 23.9 Å². The van der Waals surface area contributed by atoms with E-state index < -0.39 is 0 Å². The van der Waals surface area contributed by atoms with Crippen molar-refractivity contribution < 1.29 is 9.59 Å².